The minimum Gasteiger partial charge on any atom is -0.343 e. The summed E-state index contributed by atoms with van der Waals surface area (Å²) < 4.78 is 1.15. The van der Waals surface area contributed by atoms with Crippen molar-refractivity contribution in [2.75, 3.05) is 13.1 Å². The molecule has 0 radical (unpaired) electrons. The maximum absolute atomic E-state index is 12.4. The zero-order chi connectivity index (χ0) is 18.6. The van der Waals surface area contributed by atoms with E-state index in [1.54, 1.807) is 17.9 Å². The second kappa shape index (κ2) is 7.80. The van der Waals surface area contributed by atoms with Crippen LogP contribution in [0.2, 0.25) is 0 Å². The minimum absolute atomic E-state index is 0.0724. The maximum atomic E-state index is 12.4. The van der Waals surface area contributed by atoms with Gasteiger partial charge in [-0.15, -0.1) is 0 Å². The van der Waals surface area contributed by atoms with Crippen LogP contribution in [0.25, 0.3) is 0 Å². The summed E-state index contributed by atoms with van der Waals surface area (Å²) in [6, 6.07) is 2.50. The van der Waals surface area contributed by atoms with Crippen molar-refractivity contribution in [1.29, 1.82) is 0 Å². The van der Waals surface area contributed by atoms with E-state index >= 15 is 0 Å². The highest BCUT2D eigenvalue weighted by Crippen LogP contribution is 2.18. The lowest BCUT2D eigenvalue weighted by molar-refractivity contribution is -0.136. The molecule has 0 spiro atoms. The predicted octanol–water partition coefficient (Wildman–Crippen LogP) is 1.06. The molecule has 1 atom stereocenters. The van der Waals surface area contributed by atoms with Gasteiger partial charge in [-0.3, -0.25) is 14.4 Å². The van der Waals surface area contributed by atoms with Gasteiger partial charge < -0.3 is 10.2 Å². The number of rotatable bonds is 4. The summed E-state index contributed by atoms with van der Waals surface area (Å²) in [5.74, 6) is -0.463. The molecule has 0 aliphatic carbocycles. The Morgan fingerprint density at radius 1 is 1.20 bits per heavy atom. The number of likely N-dealkylation sites (tertiary alicyclic amines) is 1. The van der Waals surface area contributed by atoms with Gasteiger partial charge in [0, 0.05) is 24.6 Å². The first-order valence-corrected chi connectivity index (χ1v) is 8.85. The van der Waals surface area contributed by atoms with Gasteiger partial charge in [0.05, 0.1) is 5.69 Å². The molecule has 0 bridgehead atoms. The summed E-state index contributed by atoms with van der Waals surface area (Å²) in [5, 5.41) is 6.95. The average Bonchev–Trinajstić information content (AvgIpc) is 2.55. The molecule has 1 aromatic heterocycles. The standard InChI is InChI=1S/C18H28N4O3/c1-13(17(25)21-10-6-5-7-11-21)19-15(23)12-22-16(24)9-8-14(20-22)18(2,3)4/h8-9,13H,5-7,10-12H2,1-4H3,(H,19,23). The first-order valence-electron chi connectivity index (χ1n) is 8.85. The molecule has 1 aliphatic rings. The quantitative estimate of drug-likeness (QED) is 0.882. The summed E-state index contributed by atoms with van der Waals surface area (Å²) in [6.07, 6.45) is 3.15. The molecule has 0 saturated carbocycles. The van der Waals surface area contributed by atoms with Gasteiger partial charge in [0.25, 0.3) is 5.56 Å². The molecule has 2 amide bonds. The molecule has 1 unspecified atom stereocenters. The summed E-state index contributed by atoms with van der Waals surface area (Å²) in [4.78, 5) is 38.3. The van der Waals surface area contributed by atoms with E-state index in [2.05, 4.69) is 10.4 Å². The van der Waals surface area contributed by atoms with E-state index in [9.17, 15) is 14.4 Å². The number of carbonyl (C=O) groups is 2. The smallest absolute Gasteiger partial charge is 0.267 e. The zero-order valence-electron chi connectivity index (χ0n) is 15.5. The SMILES string of the molecule is CC(NC(=O)Cn1nc(C(C)(C)C)ccc1=O)C(=O)N1CCCCC1. The van der Waals surface area contributed by atoms with Crippen molar-refractivity contribution in [3.8, 4) is 0 Å². The number of aromatic nitrogens is 2. The molecule has 1 fully saturated rings. The number of nitrogens with one attached hydrogen (secondary N) is 1. The third kappa shape index (κ3) is 5.14. The molecule has 1 aromatic rings. The van der Waals surface area contributed by atoms with Crippen molar-refractivity contribution in [2.45, 2.75) is 65.0 Å². The van der Waals surface area contributed by atoms with Gasteiger partial charge in [0.1, 0.15) is 12.6 Å². The third-order valence-corrected chi connectivity index (χ3v) is 4.34. The van der Waals surface area contributed by atoms with Gasteiger partial charge >= 0.3 is 0 Å². The fourth-order valence-corrected chi connectivity index (χ4v) is 2.84. The van der Waals surface area contributed by atoms with Gasteiger partial charge in [-0.05, 0) is 32.3 Å². The Hall–Kier alpha value is -2.18. The van der Waals surface area contributed by atoms with E-state index in [0.717, 1.165) is 42.7 Å². The fraction of sp³-hybridized carbons (Fsp3) is 0.667. The van der Waals surface area contributed by atoms with E-state index in [4.69, 9.17) is 0 Å². The Balaban J connectivity index is 2.00. The Kier molecular flexibility index (Phi) is 5.98. The second-order valence-corrected chi connectivity index (χ2v) is 7.64. The van der Waals surface area contributed by atoms with Crippen molar-refractivity contribution >= 4 is 11.8 Å². The molecule has 2 rings (SSSR count). The Bertz CT molecular complexity index is 684. The minimum atomic E-state index is -0.605. The second-order valence-electron chi connectivity index (χ2n) is 7.64. The van der Waals surface area contributed by atoms with Crippen LogP contribution in [0, 0.1) is 0 Å². The highest BCUT2D eigenvalue weighted by atomic mass is 16.2. The van der Waals surface area contributed by atoms with Crippen LogP contribution in [-0.4, -0.2) is 45.6 Å². The Morgan fingerprint density at radius 3 is 2.44 bits per heavy atom. The fourth-order valence-electron chi connectivity index (χ4n) is 2.84. The van der Waals surface area contributed by atoms with Gasteiger partial charge in [-0.25, -0.2) is 4.68 Å². The normalized spacial score (nSPS) is 16.4. The van der Waals surface area contributed by atoms with Crippen LogP contribution in [0.1, 0.15) is 52.7 Å². The van der Waals surface area contributed by atoms with Gasteiger partial charge in [-0.1, -0.05) is 20.8 Å². The number of piperidine rings is 1. The number of hydrogen-bond donors (Lipinski definition) is 1. The van der Waals surface area contributed by atoms with Crippen molar-refractivity contribution in [3.05, 3.63) is 28.2 Å². The van der Waals surface area contributed by atoms with Crippen molar-refractivity contribution < 1.29 is 9.59 Å². The van der Waals surface area contributed by atoms with Crippen LogP contribution < -0.4 is 10.9 Å². The van der Waals surface area contributed by atoms with Crippen LogP contribution in [0.3, 0.4) is 0 Å². The van der Waals surface area contributed by atoms with Crippen LogP contribution >= 0.6 is 0 Å². The van der Waals surface area contributed by atoms with E-state index in [0.29, 0.717) is 0 Å². The van der Waals surface area contributed by atoms with Crippen LogP contribution in [0.15, 0.2) is 16.9 Å². The van der Waals surface area contributed by atoms with Crippen LogP contribution in [0.5, 0.6) is 0 Å². The lowest BCUT2D eigenvalue weighted by Crippen LogP contribution is -2.49. The van der Waals surface area contributed by atoms with E-state index in [1.807, 2.05) is 20.8 Å². The highest BCUT2D eigenvalue weighted by molar-refractivity contribution is 5.87. The molecular formula is C18H28N4O3. The molecule has 1 saturated heterocycles. The Labute approximate surface area is 148 Å². The lowest BCUT2D eigenvalue weighted by atomic mass is 9.92. The average molecular weight is 348 g/mol. The topological polar surface area (TPSA) is 84.3 Å². The first kappa shape index (κ1) is 19.1. The number of hydrogen-bond acceptors (Lipinski definition) is 4. The molecule has 138 valence electrons. The summed E-state index contributed by atoms with van der Waals surface area (Å²) in [5.41, 5.74) is 0.180. The van der Waals surface area contributed by atoms with Gasteiger partial charge in [-0.2, -0.15) is 5.10 Å². The van der Waals surface area contributed by atoms with Gasteiger partial charge in [0.2, 0.25) is 11.8 Å². The number of amides is 2. The number of nitrogens with zero attached hydrogens (tertiary/aromatic N) is 3. The highest BCUT2D eigenvalue weighted by Gasteiger charge is 2.24. The first-order chi connectivity index (χ1) is 11.7. The van der Waals surface area contributed by atoms with Crippen molar-refractivity contribution in [3.63, 3.8) is 0 Å². The molecule has 1 aliphatic heterocycles. The van der Waals surface area contributed by atoms with E-state index in [-0.39, 0.29) is 23.4 Å². The van der Waals surface area contributed by atoms with Crippen LogP contribution in [-0.2, 0) is 21.5 Å². The van der Waals surface area contributed by atoms with Crippen LogP contribution in [0.4, 0.5) is 0 Å². The predicted molar refractivity (Wildman–Crippen MR) is 95.2 cm³/mol. The van der Waals surface area contributed by atoms with E-state index < -0.39 is 11.9 Å². The maximum Gasteiger partial charge on any atom is 0.267 e. The molecule has 2 heterocycles. The van der Waals surface area contributed by atoms with Crippen molar-refractivity contribution in [1.82, 2.24) is 20.0 Å². The largest absolute Gasteiger partial charge is 0.343 e. The van der Waals surface area contributed by atoms with E-state index in [1.165, 1.54) is 6.07 Å². The summed E-state index contributed by atoms with van der Waals surface area (Å²) in [6.45, 7) is 8.94. The molecule has 1 N–H and O–H groups in total. The Morgan fingerprint density at radius 2 is 1.84 bits per heavy atom. The monoisotopic (exact) mass is 348 g/mol. The molecule has 7 nitrogen and oxygen atoms in total. The lowest BCUT2D eigenvalue weighted by Gasteiger charge is -2.29. The molecule has 0 aromatic carbocycles. The zero-order valence-corrected chi connectivity index (χ0v) is 15.5. The van der Waals surface area contributed by atoms with Crippen molar-refractivity contribution in [2.24, 2.45) is 0 Å². The molecule has 25 heavy (non-hydrogen) atoms. The molecule has 7 heteroatoms. The third-order valence-electron chi connectivity index (χ3n) is 4.34. The number of carbonyl (C=O) groups excluding carboxylic acids is 2. The summed E-state index contributed by atoms with van der Waals surface area (Å²) in [7, 11) is 0. The molecular weight excluding hydrogens is 320 g/mol. The summed E-state index contributed by atoms with van der Waals surface area (Å²) >= 11 is 0. The van der Waals surface area contributed by atoms with Gasteiger partial charge in [0.15, 0.2) is 0 Å².